The molecule has 0 saturated carbocycles. The van der Waals surface area contributed by atoms with E-state index in [0.29, 0.717) is 5.82 Å². The average molecular weight is 321 g/mol. The van der Waals surface area contributed by atoms with E-state index in [2.05, 4.69) is 4.99 Å². The molecule has 3 rings (SSSR count). The first-order valence-electron chi connectivity index (χ1n) is 7.63. The lowest BCUT2D eigenvalue weighted by atomic mass is 10.2. The fourth-order valence-electron chi connectivity index (χ4n) is 2.61. The van der Waals surface area contributed by atoms with E-state index in [9.17, 15) is 4.79 Å². The number of ether oxygens (including phenoxy) is 1. The molecule has 3 aromatic rings. The van der Waals surface area contributed by atoms with Gasteiger partial charge >= 0.3 is 5.69 Å². The SMILES string of the molecule is COc1ccc(C=Nc2c(C)n(-c3ccccc3)c(=O)n2C)cc1. The number of para-hydroxylation sites is 1. The van der Waals surface area contributed by atoms with Crippen LogP contribution in [0, 0.1) is 6.92 Å². The number of rotatable bonds is 4. The summed E-state index contributed by atoms with van der Waals surface area (Å²) in [5.41, 5.74) is 2.47. The highest BCUT2D eigenvalue weighted by molar-refractivity contribution is 5.82. The number of hydrogen-bond acceptors (Lipinski definition) is 3. The lowest BCUT2D eigenvalue weighted by molar-refractivity contribution is 0.415. The second kappa shape index (κ2) is 6.58. The molecule has 0 aliphatic heterocycles. The maximum absolute atomic E-state index is 12.5. The molecular formula is C19H19N3O2. The Labute approximate surface area is 140 Å². The van der Waals surface area contributed by atoms with E-state index < -0.39 is 0 Å². The van der Waals surface area contributed by atoms with E-state index >= 15 is 0 Å². The fraction of sp³-hybridized carbons (Fsp3) is 0.158. The lowest BCUT2D eigenvalue weighted by Gasteiger charge is -2.03. The molecule has 0 aliphatic rings. The maximum Gasteiger partial charge on any atom is 0.334 e. The average Bonchev–Trinajstić information content (AvgIpc) is 2.83. The first-order chi connectivity index (χ1) is 11.6. The molecule has 2 aromatic carbocycles. The van der Waals surface area contributed by atoms with Gasteiger partial charge in [-0.2, -0.15) is 0 Å². The molecule has 0 radical (unpaired) electrons. The molecule has 0 unspecified atom stereocenters. The molecule has 5 nitrogen and oxygen atoms in total. The predicted octanol–water partition coefficient (Wildman–Crippen LogP) is 3.24. The molecule has 0 fully saturated rings. The third kappa shape index (κ3) is 2.88. The van der Waals surface area contributed by atoms with Gasteiger partial charge in [-0.25, -0.2) is 9.79 Å². The summed E-state index contributed by atoms with van der Waals surface area (Å²) >= 11 is 0. The standard InChI is InChI=1S/C19H19N3O2/c1-14-18(20-13-15-9-11-17(24-3)12-10-15)21(2)19(23)22(14)16-7-5-4-6-8-16/h4-13H,1-3H3. The number of hydrogen-bond donors (Lipinski definition) is 0. The van der Waals surface area contributed by atoms with Crippen molar-refractivity contribution in [3.63, 3.8) is 0 Å². The van der Waals surface area contributed by atoms with Gasteiger partial charge in [0.2, 0.25) is 0 Å². The van der Waals surface area contributed by atoms with Crippen molar-refractivity contribution in [2.75, 3.05) is 7.11 Å². The van der Waals surface area contributed by atoms with Crippen LogP contribution in [-0.4, -0.2) is 22.5 Å². The van der Waals surface area contributed by atoms with Gasteiger partial charge in [-0.05, 0) is 48.9 Å². The molecule has 0 saturated heterocycles. The lowest BCUT2D eigenvalue weighted by Crippen LogP contribution is -2.21. The van der Waals surface area contributed by atoms with Crippen LogP contribution in [0.1, 0.15) is 11.3 Å². The third-order valence-electron chi connectivity index (χ3n) is 3.92. The van der Waals surface area contributed by atoms with E-state index in [1.807, 2.05) is 61.5 Å². The molecule has 122 valence electrons. The monoisotopic (exact) mass is 321 g/mol. The van der Waals surface area contributed by atoms with Crippen LogP contribution in [0.2, 0.25) is 0 Å². The Hall–Kier alpha value is -3.08. The summed E-state index contributed by atoms with van der Waals surface area (Å²) in [7, 11) is 3.37. The Balaban J connectivity index is 2.00. The van der Waals surface area contributed by atoms with Crippen molar-refractivity contribution in [2.24, 2.45) is 12.0 Å². The maximum atomic E-state index is 12.5. The largest absolute Gasteiger partial charge is 0.497 e. The highest BCUT2D eigenvalue weighted by Crippen LogP contribution is 2.20. The summed E-state index contributed by atoms with van der Waals surface area (Å²) < 4.78 is 8.37. The van der Waals surface area contributed by atoms with Gasteiger partial charge in [-0.15, -0.1) is 0 Å². The van der Waals surface area contributed by atoms with Crippen LogP contribution in [0.4, 0.5) is 5.82 Å². The molecule has 24 heavy (non-hydrogen) atoms. The van der Waals surface area contributed by atoms with Gasteiger partial charge in [-0.1, -0.05) is 18.2 Å². The first kappa shape index (κ1) is 15.8. The Morgan fingerprint density at radius 3 is 2.33 bits per heavy atom. The van der Waals surface area contributed by atoms with Gasteiger partial charge in [0.1, 0.15) is 5.75 Å². The number of aromatic nitrogens is 2. The van der Waals surface area contributed by atoms with Crippen molar-refractivity contribution in [1.29, 1.82) is 0 Å². The van der Waals surface area contributed by atoms with Gasteiger partial charge in [0.05, 0.1) is 18.5 Å². The van der Waals surface area contributed by atoms with E-state index in [1.165, 1.54) is 0 Å². The second-order valence-corrected chi connectivity index (χ2v) is 5.45. The van der Waals surface area contributed by atoms with E-state index in [4.69, 9.17) is 4.74 Å². The summed E-state index contributed by atoms with van der Waals surface area (Å²) in [6.07, 6.45) is 1.75. The van der Waals surface area contributed by atoms with Crippen LogP contribution in [0.5, 0.6) is 5.75 Å². The zero-order valence-corrected chi connectivity index (χ0v) is 13.9. The molecule has 1 aromatic heterocycles. The highest BCUT2D eigenvalue weighted by atomic mass is 16.5. The number of imidazole rings is 1. The van der Waals surface area contributed by atoms with Crippen molar-refractivity contribution >= 4 is 12.0 Å². The number of nitrogens with zero attached hydrogens (tertiary/aromatic N) is 3. The van der Waals surface area contributed by atoms with Crippen molar-refractivity contribution in [1.82, 2.24) is 9.13 Å². The van der Waals surface area contributed by atoms with Crippen LogP contribution in [0.25, 0.3) is 5.69 Å². The zero-order valence-electron chi connectivity index (χ0n) is 13.9. The van der Waals surface area contributed by atoms with E-state index in [-0.39, 0.29) is 5.69 Å². The summed E-state index contributed by atoms with van der Waals surface area (Å²) in [6, 6.07) is 17.2. The molecule has 0 aliphatic carbocycles. The normalized spacial score (nSPS) is 11.1. The topological polar surface area (TPSA) is 48.5 Å². The van der Waals surface area contributed by atoms with Gasteiger partial charge in [0.25, 0.3) is 0 Å². The minimum atomic E-state index is -0.111. The quantitative estimate of drug-likeness (QED) is 0.693. The fourth-order valence-corrected chi connectivity index (χ4v) is 2.61. The molecule has 1 heterocycles. The van der Waals surface area contributed by atoms with Crippen LogP contribution in [-0.2, 0) is 7.05 Å². The van der Waals surface area contributed by atoms with Crippen molar-refractivity contribution in [3.8, 4) is 11.4 Å². The van der Waals surface area contributed by atoms with Gasteiger partial charge < -0.3 is 4.74 Å². The minimum Gasteiger partial charge on any atom is -0.497 e. The number of benzene rings is 2. The zero-order chi connectivity index (χ0) is 17.1. The second-order valence-electron chi connectivity index (χ2n) is 5.45. The third-order valence-corrected chi connectivity index (χ3v) is 3.92. The van der Waals surface area contributed by atoms with Gasteiger partial charge in [0.15, 0.2) is 5.82 Å². The Morgan fingerprint density at radius 1 is 1.04 bits per heavy atom. The van der Waals surface area contributed by atoms with Crippen LogP contribution in [0.3, 0.4) is 0 Å². The smallest absolute Gasteiger partial charge is 0.334 e. The summed E-state index contributed by atoms with van der Waals surface area (Å²) in [4.78, 5) is 17.1. The Morgan fingerprint density at radius 2 is 1.71 bits per heavy atom. The van der Waals surface area contributed by atoms with Gasteiger partial charge in [-0.3, -0.25) is 9.13 Å². The molecule has 0 bridgehead atoms. The van der Waals surface area contributed by atoms with Crippen LogP contribution >= 0.6 is 0 Å². The van der Waals surface area contributed by atoms with Crippen molar-refractivity contribution in [3.05, 3.63) is 76.3 Å². The molecule has 0 atom stereocenters. The summed E-state index contributed by atoms with van der Waals surface area (Å²) in [5.74, 6) is 1.44. The highest BCUT2D eigenvalue weighted by Gasteiger charge is 2.14. The molecular weight excluding hydrogens is 302 g/mol. The first-order valence-corrected chi connectivity index (χ1v) is 7.63. The molecule has 5 heteroatoms. The molecule has 0 spiro atoms. The number of aliphatic imine (C=N–C) groups is 1. The Bertz CT molecular complexity index is 920. The Kier molecular flexibility index (Phi) is 4.33. The number of methoxy groups -OCH3 is 1. The van der Waals surface area contributed by atoms with E-state index in [0.717, 1.165) is 22.7 Å². The van der Waals surface area contributed by atoms with E-state index in [1.54, 1.807) is 29.5 Å². The predicted molar refractivity (Wildman–Crippen MR) is 96.0 cm³/mol. The van der Waals surface area contributed by atoms with Gasteiger partial charge in [0, 0.05) is 13.3 Å². The molecule has 0 N–H and O–H groups in total. The minimum absolute atomic E-state index is 0.111. The molecule has 0 amide bonds. The van der Waals surface area contributed by atoms with Crippen LogP contribution in [0.15, 0.2) is 64.4 Å². The van der Waals surface area contributed by atoms with Crippen molar-refractivity contribution < 1.29 is 4.74 Å². The van der Waals surface area contributed by atoms with Crippen molar-refractivity contribution in [2.45, 2.75) is 6.92 Å². The van der Waals surface area contributed by atoms with Crippen LogP contribution < -0.4 is 10.4 Å². The summed E-state index contributed by atoms with van der Waals surface area (Å²) in [6.45, 7) is 1.90. The summed E-state index contributed by atoms with van der Waals surface area (Å²) in [5, 5.41) is 0.